The van der Waals surface area contributed by atoms with E-state index in [4.69, 9.17) is 0 Å². The van der Waals surface area contributed by atoms with Crippen LogP contribution in [0.4, 0.5) is 4.79 Å². The topological polar surface area (TPSA) is 83.4 Å². The molecule has 0 radical (unpaired) electrons. The largest absolute Gasteiger partial charge is 0.344 e. The van der Waals surface area contributed by atoms with Gasteiger partial charge in [0.05, 0.1) is 6.54 Å². The van der Waals surface area contributed by atoms with E-state index < -0.39 is 11.6 Å². The third-order valence-electron chi connectivity index (χ3n) is 4.18. The van der Waals surface area contributed by atoms with Gasteiger partial charge >= 0.3 is 6.03 Å². The van der Waals surface area contributed by atoms with Crippen LogP contribution in [0.1, 0.15) is 30.3 Å². The van der Waals surface area contributed by atoms with E-state index in [0.717, 1.165) is 0 Å². The quantitative estimate of drug-likeness (QED) is 0.770. The van der Waals surface area contributed by atoms with Crippen molar-refractivity contribution in [2.45, 2.75) is 31.8 Å². The molecule has 3 rings (SSSR count). The number of carbonyl (C=O) groups is 3. The first kappa shape index (κ1) is 13.7. The number of likely N-dealkylation sites (tertiary alicyclic amines) is 1. The van der Waals surface area contributed by atoms with Crippen LogP contribution in [-0.2, 0) is 11.3 Å². The Labute approximate surface area is 122 Å². The van der Waals surface area contributed by atoms with Crippen molar-refractivity contribution in [1.82, 2.24) is 20.1 Å². The SMILES string of the molecule is CCn1cccc1C(=O)N1CCCC2(C1)NC(=O)NC2=O. The molecule has 2 N–H and O–H groups in total. The number of aromatic nitrogens is 1. The van der Waals surface area contributed by atoms with E-state index in [1.165, 1.54) is 0 Å². The summed E-state index contributed by atoms with van der Waals surface area (Å²) in [5, 5.41) is 4.94. The van der Waals surface area contributed by atoms with Gasteiger partial charge in [0, 0.05) is 19.3 Å². The second-order valence-electron chi connectivity index (χ2n) is 5.50. The van der Waals surface area contributed by atoms with Crippen LogP contribution >= 0.6 is 0 Å². The molecular weight excluding hydrogens is 272 g/mol. The summed E-state index contributed by atoms with van der Waals surface area (Å²) in [5.74, 6) is -0.439. The molecule has 2 aliphatic rings. The molecule has 7 nitrogen and oxygen atoms in total. The number of piperidine rings is 1. The second kappa shape index (κ2) is 4.91. The number of imide groups is 1. The van der Waals surface area contributed by atoms with Gasteiger partial charge in [0.25, 0.3) is 11.8 Å². The summed E-state index contributed by atoms with van der Waals surface area (Å²) in [6.45, 7) is 3.50. The van der Waals surface area contributed by atoms with E-state index in [2.05, 4.69) is 10.6 Å². The molecule has 1 spiro atoms. The van der Waals surface area contributed by atoms with Gasteiger partial charge in [-0.1, -0.05) is 0 Å². The van der Waals surface area contributed by atoms with Gasteiger partial charge in [0.15, 0.2) is 0 Å². The molecular formula is C14H18N4O3. The first-order chi connectivity index (χ1) is 10.1. The number of urea groups is 1. The van der Waals surface area contributed by atoms with Crippen molar-refractivity contribution in [2.24, 2.45) is 0 Å². The highest BCUT2D eigenvalue weighted by atomic mass is 16.2. The molecule has 1 atom stereocenters. The minimum atomic E-state index is -0.964. The predicted octanol–water partition coefficient (Wildman–Crippen LogP) is 0.322. The van der Waals surface area contributed by atoms with Crippen molar-refractivity contribution in [1.29, 1.82) is 0 Å². The summed E-state index contributed by atoms with van der Waals surface area (Å²) in [5.41, 5.74) is -0.353. The third-order valence-corrected chi connectivity index (χ3v) is 4.18. The van der Waals surface area contributed by atoms with Crippen LogP contribution in [0.5, 0.6) is 0 Å². The van der Waals surface area contributed by atoms with E-state index in [9.17, 15) is 14.4 Å². The van der Waals surface area contributed by atoms with E-state index in [1.54, 1.807) is 11.0 Å². The Balaban J connectivity index is 1.82. The van der Waals surface area contributed by atoms with E-state index in [1.807, 2.05) is 23.8 Å². The lowest BCUT2D eigenvalue weighted by molar-refractivity contribution is -0.125. The number of nitrogens with one attached hydrogen (secondary N) is 2. The van der Waals surface area contributed by atoms with Gasteiger partial charge < -0.3 is 14.8 Å². The van der Waals surface area contributed by atoms with Crippen molar-refractivity contribution >= 4 is 17.8 Å². The van der Waals surface area contributed by atoms with Crippen molar-refractivity contribution in [3.63, 3.8) is 0 Å². The number of carbonyl (C=O) groups excluding carboxylic acids is 3. The van der Waals surface area contributed by atoms with Crippen molar-refractivity contribution in [2.75, 3.05) is 13.1 Å². The number of hydrogen-bond acceptors (Lipinski definition) is 3. The van der Waals surface area contributed by atoms with Crippen LogP contribution in [0, 0.1) is 0 Å². The Kier molecular flexibility index (Phi) is 3.19. The van der Waals surface area contributed by atoms with Crippen LogP contribution in [0.15, 0.2) is 18.3 Å². The van der Waals surface area contributed by atoms with Crippen LogP contribution < -0.4 is 10.6 Å². The van der Waals surface area contributed by atoms with Crippen molar-refractivity contribution in [3.8, 4) is 0 Å². The standard InChI is InChI=1S/C14H18N4O3/c1-2-17-7-3-5-10(17)11(19)18-8-4-6-14(9-18)12(20)15-13(21)16-14/h3,5,7H,2,4,6,8-9H2,1H3,(H2,15,16,20,21). The van der Waals surface area contributed by atoms with Crippen molar-refractivity contribution in [3.05, 3.63) is 24.0 Å². The third kappa shape index (κ3) is 2.18. The molecule has 1 aromatic heterocycles. The number of hydrogen-bond donors (Lipinski definition) is 2. The molecule has 112 valence electrons. The predicted molar refractivity (Wildman–Crippen MR) is 74.6 cm³/mol. The van der Waals surface area contributed by atoms with Gasteiger partial charge in [-0.2, -0.15) is 0 Å². The zero-order valence-electron chi connectivity index (χ0n) is 11.9. The molecule has 1 aromatic rings. The summed E-state index contributed by atoms with van der Waals surface area (Å²) < 4.78 is 1.87. The number of amides is 4. The Morgan fingerprint density at radius 2 is 2.24 bits per heavy atom. The Bertz CT molecular complexity index is 609. The fourth-order valence-corrected chi connectivity index (χ4v) is 3.09. The fraction of sp³-hybridized carbons (Fsp3) is 0.500. The first-order valence-corrected chi connectivity index (χ1v) is 7.14. The molecule has 0 aromatic carbocycles. The maximum Gasteiger partial charge on any atom is 0.322 e. The zero-order chi connectivity index (χ0) is 15.0. The smallest absolute Gasteiger partial charge is 0.322 e. The molecule has 2 saturated heterocycles. The lowest BCUT2D eigenvalue weighted by Gasteiger charge is -2.38. The van der Waals surface area contributed by atoms with Gasteiger partial charge in [-0.25, -0.2) is 4.79 Å². The summed E-state index contributed by atoms with van der Waals surface area (Å²) in [7, 11) is 0. The highest BCUT2D eigenvalue weighted by molar-refractivity contribution is 6.07. The Morgan fingerprint density at radius 3 is 2.90 bits per heavy atom. The van der Waals surface area contributed by atoms with Gasteiger partial charge in [-0.15, -0.1) is 0 Å². The summed E-state index contributed by atoms with van der Waals surface area (Å²) in [6, 6.07) is 3.13. The molecule has 4 amide bonds. The number of rotatable bonds is 2. The van der Waals surface area contributed by atoms with Crippen LogP contribution in [0.3, 0.4) is 0 Å². The normalized spacial score (nSPS) is 25.1. The lowest BCUT2D eigenvalue weighted by Crippen LogP contribution is -2.59. The Hall–Kier alpha value is -2.31. The van der Waals surface area contributed by atoms with Gasteiger partial charge in [-0.3, -0.25) is 14.9 Å². The monoisotopic (exact) mass is 290 g/mol. The maximum atomic E-state index is 12.6. The van der Waals surface area contributed by atoms with Crippen LogP contribution in [0.2, 0.25) is 0 Å². The zero-order valence-corrected chi connectivity index (χ0v) is 11.9. The second-order valence-corrected chi connectivity index (χ2v) is 5.50. The van der Waals surface area contributed by atoms with Gasteiger partial charge in [0.1, 0.15) is 11.2 Å². The molecule has 0 aliphatic carbocycles. The van der Waals surface area contributed by atoms with Gasteiger partial charge in [0.2, 0.25) is 0 Å². The van der Waals surface area contributed by atoms with E-state index in [0.29, 0.717) is 31.6 Å². The lowest BCUT2D eigenvalue weighted by atomic mass is 9.89. The van der Waals surface area contributed by atoms with E-state index in [-0.39, 0.29) is 18.4 Å². The number of aryl methyl sites for hydroxylation is 1. The summed E-state index contributed by atoms with van der Waals surface area (Å²) in [6.07, 6.45) is 3.10. The molecule has 2 aliphatic heterocycles. The molecule has 21 heavy (non-hydrogen) atoms. The summed E-state index contributed by atoms with van der Waals surface area (Å²) >= 11 is 0. The average Bonchev–Trinajstić information content (AvgIpc) is 3.03. The molecule has 7 heteroatoms. The van der Waals surface area contributed by atoms with Crippen LogP contribution in [-0.4, -0.2) is 45.9 Å². The molecule has 2 fully saturated rings. The fourth-order valence-electron chi connectivity index (χ4n) is 3.09. The minimum Gasteiger partial charge on any atom is -0.344 e. The average molecular weight is 290 g/mol. The minimum absolute atomic E-state index is 0.102. The van der Waals surface area contributed by atoms with Gasteiger partial charge in [-0.05, 0) is 31.9 Å². The van der Waals surface area contributed by atoms with Crippen LogP contribution in [0.25, 0.3) is 0 Å². The molecule has 0 saturated carbocycles. The Morgan fingerprint density at radius 1 is 1.43 bits per heavy atom. The molecule has 0 bridgehead atoms. The summed E-state index contributed by atoms with van der Waals surface area (Å²) in [4.78, 5) is 37.7. The molecule has 3 heterocycles. The number of nitrogens with zero attached hydrogens (tertiary/aromatic N) is 2. The first-order valence-electron chi connectivity index (χ1n) is 7.14. The highest BCUT2D eigenvalue weighted by Gasteiger charge is 2.49. The van der Waals surface area contributed by atoms with E-state index >= 15 is 0 Å². The highest BCUT2D eigenvalue weighted by Crippen LogP contribution is 2.25. The molecule has 1 unspecified atom stereocenters. The maximum absolute atomic E-state index is 12.6. The van der Waals surface area contributed by atoms with Crippen molar-refractivity contribution < 1.29 is 14.4 Å².